The van der Waals surface area contributed by atoms with Crippen LogP contribution in [0.5, 0.6) is 0 Å². The van der Waals surface area contributed by atoms with Gasteiger partial charge in [0.2, 0.25) is 10.0 Å². The van der Waals surface area contributed by atoms with Crippen LogP contribution in [0.2, 0.25) is 0 Å². The summed E-state index contributed by atoms with van der Waals surface area (Å²) in [4.78, 5) is 13.3. The average Bonchev–Trinajstić information content (AvgIpc) is 2.90. The number of hydrogen-bond donors (Lipinski definition) is 2. The highest BCUT2D eigenvalue weighted by molar-refractivity contribution is 7.89. The first-order valence-corrected chi connectivity index (χ1v) is 8.14. The first-order valence-electron chi connectivity index (χ1n) is 6.70. The molecule has 0 saturated carbocycles. The van der Waals surface area contributed by atoms with Crippen molar-refractivity contribution in [2.45, 2.75) is 38.0 Å². The zero-order chi connectivity index (χ0) is 15.0. The summed E-state index contributed by atoms with van der Waals surface area (Å²) >= 11 is 0. The number of rotatable bonds is 4. The van der Waals surface area contributed by atoms with Crippen LogP contribution < -0.4 is 0 Å². The monoisotopic (exact) mass is 300 g/mol. The van der Waals surface area contributed by atoms with E-state index in [0.717, 1.165) is 19.3 Å². The van der Waals surface area contributed by atoms with Crippen LogP contribution in [-0.4, -0.2) is 41.9 Å². The van der Waals surface area contributed by atoms with Crippen LogP contribution in [0.4, 0.5) is 0 Å². The van der Waals surface area contributed by atoms with Gasteiger partial charge < -0.3 is 10.1 Å². The zero-order valence-corrected chi connectivity index (χ0v) is 12.5. The van der Waals surface area contributed by atoms with Crippen LogP contribution >= 0.6 is 0 Å². The predicted molar refractivity (Wildman–Crippen MR) is 74.1 cm³/mol. The van der Waals surface area contributed by atoms with E-state index in [1.165, 1.54) is 16.6 Å². The number of nitrogens with zero attached hydrogens (tertiary/aromatic N) is 1. The van der Waals surface area contributed by atoms with Crippen molar-refractivity contribution >= 4 is 16.0 Å². The minimum Gasteiger partial charge on any atom is -0.477 e. The Labute approximate surface area is 118 Å². The summed E-state index contributed by atoms with van der Waals surface area (Å²) < 4.78 is 26.3. The highest BCUT2D eigenvalue weighted by Gasteiger charge is 2.34. The number of carboxylic acids is 1. The number of aromatic carboxylic acids is 1. The Morgan fingerprint density at radius 2 is 2.05 bits per heavy atom. The highest BCUT2D eigenvalue weighted by Crippen LogP contribution is 2.35. The Morgan fingerprint density at radius 1 is 1.45 bits per heavy atom. The molecule has 0 aliphatic carbocycles. The predicted octanol–water partition coefficient (Wildman–Crippen LogP) is 1.91. The van der Waals surface area contributed by atoms with Crippen molar-refractivity contribution in [3.63, 3.8) is 0 Å². The molecule has 1 aliphatic heterocycles. The molecule has 1 aromatic rings. The lowest BCUT2D eigenvalue weighted by molar-refractivity contribution is 0.0691. The Morgan fingerprint density at radius 3 is 2.50 bits per heavy atom. The van der Waals surface area contributed by atoms with E-state index in [-0.39, 0.29) is 16.0 Å². The number of carbonyl (C=O) groups is 1. The molecule has 0 radical (unpaired) electrons. The summed E-state index contributed by atoms with van der Waals surface area (Å²) in [6.07, 6.45) is 3.94. The highest BCUT2D eigenvalue weighted by atomic mass is 32.2. The van der Waals surface area contributed by atoms with Crippen LogP contribution in [0, 0.1) is 5.41 Å². The van der Waals surface area contributed by atoms with Crippen molar-refractivity contribution in [1.82, 2.24) is 9.29 Å². The van der Waals surface area contributed by atoms with Gasteiger partial charge in [-0.05, 0) is 24.3 Å². The third-order valence-electron chi connectivity index (χ3n) is 4.31. The topological polar surface area (TPSA) is 90.5 Å². The van der Waals surface area contributed by atoms with Crippen LogP contribution in [0.15, 0.2) is 17.2 Å². The molecule has 7 heteroatoms. The van der Waals surface area contributed by atoms with E-state index in [1.54, 1.807) is 0 Å². The summed E-state index contributed by atoms with van der Waals surface area (Å²) in [5, 5.41) is 8.84. The van der Waals surface area contributed by atoms with E-state index in [9.17, 15) is 13.2 Å². The summed E-state index contributed by atoms with van der Waals surface area (Å²) in [5.41, 5.74) is 0.0927. The van der Waals surface area contributed by atoms with Gasteiger partial charge in [-0.25, -0.2) is 13.2 Å². The van der Waals surface area contributed by atoms with E-state index >= 15 is 0 Å². The van der Waals surface area contributed by atoms with Gasteiger partial charge in [-0.15, -0.1) is 0 Å². The van der Waals surface area contributed by atoms with Crippen molar-refractivity contribution < 1.29 is 18.3 Å². The summed E-state index contributed by atoms with van der Waals surface area (Å²) in [6, 6.07) is 1.17. The summed E-state index contributed by atoms with van der Waals surface area (Å²) in [7, 11) is -3.59. The maximum absolute atomic E-state index is 12.4. The molecule has 112 valence electrons. The molecule has 2 N–H and O–H groups in total. The van der Waals surface area contributed by atoms with Gasteiger partial charge in [0.05, 0.1) is 0 Å². The number of hydrogen-bond acceptors (Lipinski definition) is 3. The molecule has 20 heavy (non-hydrogen) atoms. The number of carboxylic acid groups (broad SMARTS) is 1. The molecule has 1 fully saturated rings. The fraction of sp³-hybridized carbons (Fsp3) is 0.615. The zero-order valence-electron chi connectivity index (χ0n) is 11.7. The molecule has 1 saturated heterocycles. The quantitative estimate of drug-likeness (QED) is 0.888. The van der Waals surface area contributed by atoms with E-state index in [2.05, 4.69) is 18.8 Å². The van der Waals surface area contributed by atoms with E-state index in [0.29, 0.717) is 13.1 Å². The van der Waals surface area contributed by atoms with Crippen LogP contribution in [0.25, 0.3) is 0 Å². The second-order valence-electron chi connectivity index (χ2n) is 5.62. The molecule has 1 aliphatic rings. The molecule has 6 nitrogen and oxygen atoms in total. The minimum absolute atomic E-state index is 0.0231. The fourth-order valence-corrected chi connectivity index (χ4v) is 3.85. The van der Waals surface area contributed by atoms with Gasteiger partial charge in [0.25, 0.3) is 0 Å². The van der Waals surface area contributed by atoms with Crippen molar-refractivity contribution in [3.8, 4) is 0 Å². The first-order chi connectivity index (χ1) is 9.28. The largest absolute Gasteiger partial charge is 0.477 e. The standard InChI is InChI=1S/C13H20N2O4S/c1-3-13(2)4-6-15(7-5-13)20(18,19)10-8-11(12(16)17)14-9-10/h8-9,14H,3-7H2,1-2H3,(H,16,17). The molecular formula is C13H20N2O4S. The Kier molecular flexibility index (Phi) is 3.93. The fourth-order valence-electron chi connectivity index (χ4n) is 2.42. The Hall–Kier alpha value is -1.34. The lowest BCUT2D eigenvalue weighted by Crippen LogP contribution is -2.41. The normalized spacial score (nSPS) is 19.9. The molecule has 2 heterocycles. The van der Waals surface area contributed by atoms with Crippen molar-refractivity contribution in [3.05, 3.63) is 18.0 Å². The van der Waals surface area contributed by atoms with Crippen molar-refractivity contribution in [2.24, 2.45) is 5.41 Å². The molecular weight excluding hydrogens is 280 g/mol. The SMILES string of the molecule is CCC1(C)CCN(S(=O)(=O)c2c[nH]c(C(=O)O)c2)CC1. The number of nitrogens with one attached hydrogen (secondary N) is 1. The van der Waals surface area contributed by atoms with E-state index in [1.807, 2.05) is 0 Å². The second kappa shape index (κ2) is 5.21. The lowest BCUT2D eigenvalue weighted by Gasteiger charge is -2.38. The van der Waals surface area contributed by atoms with Crippen LogP contribution in [0.1, 0.15) is 43.6 Å². The summed E-state index contributed by atoms with van der Waals surface area (Å²) in [6.45, 7) is 5.27. The molecule has 1 aromatic heterocycles. The third kappa shape index (κ3) is 2.73. The number of sulfonamides is 1. The van der Waals surface area contributed by atoms with Crippen LogP contribution in [-0.2, 0) is 10.0 Å². The van der Waals surface area contributed by atoms with Gasteiger partial charge in [0.1, 0.15) is 10.6 Å². The maximum atomic E-state index is 12.4. The lowest BCUT2D eigenvalue weighted by atomic mass is 9.79. The van der Waals surface area contributed by atoms with Crippen molar-refractivity contribution in [1.29, 1.82) is 0 Å². The molecule has 2 rings (SSSR count). The average molecular weight is 300 g/mol. The van der Waals surface area contributed by atoms with Crippen molar-refractivity contribution in [2.75, 3.05) is 13.1 Å². The third-order valence-corrected chi connectivity index (χ3v) is 6.18. The molecule has 0 aromatic carbocycles. The van der Waals surface area contributed by atoms with E-state index < -0.39 is 16.0 Å². The van der Waals surface area contributed by atoms with Gasteiger partial charge >= 0.3 is 5.97 Å². The Balaban J connectivity index is 2.17. The summed E-state index contributed by atoms with van der Waals surface area (Å²) in [5.74, 6) is -1.16. The number of aromatic amines is 1. The van der Waals surface area contributed by atoms with Gasteiger partial charge in [0.15, 0.2) is 0 Å². The number of aromatic nitrogens is 1. The van der Waals surface area contributed by atoms with Gasteiger partial charge in [-0.1, -0.05) is 20.3 Å². The first kappa shape index (κ1) is 15.1. The van der Waals surface area contributed by atoms with Gasteiger partial charge in [-0.2, -0.15) is 4.31 Å². The van der Waals surface area contributed by atoms with Crippen LogP contribution in [0.3, 0.4) is 0 Å². The maximum Gasteiger partial charge on any atom is 0.352 e. The number of piperidine rings is 1. The second-order valence-corrected chi connectivity index (χ2v) is 7.56. The minimum atomic E-state index is -3.59. The molecule has 0 bridgehead atoms. The number of H-pyrrole nitrogens is 1. The van der Waals surface area contributed by atoms with E-state index in [4.69, 9.17) is 5.11 Å². The molecule has 0 amide bonds. The van der Waals surface area contributed by atoms with Gasteiger partial charge in [-0.3, -0.25) is 0 Å². The van der Waals surface area contributed by atoms with Gasteiger partial charge in [0, 0.05) is 19.3 Å². The molecule has 0 unspecified atom stereocenters. The molecule has 0 spiro atoms. The Bertz CT molecular complexity index is 598. The smallest absolute Gasteiger partial charge is 0.352 e. The molecule has 0 atom stereocenters.